The number of nitrogens with zero attached hydrogens (tertiary/aromatic N) is 1. The molecule has 1 fully saturated rings. The normalized spacial score (nSPS) is 22.9. The van der Waals surface area contributed by atoms with Crippen LogP contribution in [-0.2, 0) is 10.1 Å². The first-order valence-corrected chi connectivity index (χ1v) is 6.00. The molecule has 0 aromatic heterocycles. The van der Waals surface area contributed by atoms with Crippen molar-refractivity contribution in [3.63, 3.8) is 0 Å². The highest BCUT2D eigenvalue weighted by Gasteiger charge is 2.20. The molecule has 6 heteroatoms. The van der Waals surface area contributed by atoms with Crippen molar-refractivity contribution in [3.8, 4) is 0 Å². The minimum atomic E-state index is -3.83. The van der Waals surface area contributed by atoms with E-state index in [9.17, 15) is 8.42 Å². The molecule has 0 aromatic carbocycles. The summed E-state index contributed by atoms with van der Waals surface area (Å²) in [4.78, 5) is 2.06. The van der Waals surface area contributed by atoms with Crippen molar-refractivity contribution in [2.45, 2.75) is 13.0 Å². The van der Waals surface area contributed by atoms with E-state index in [-0.39, 0.29) is 11.8 Å². The lowest BCUT2D eigenvalue weighted by atomic mass is 10.3. The van der Waals surface area contributed by atoms with Crippen LogP contribution in [0.2, 0.25) is 0 Å². The van der Waals surface area contributed by atoms with E-state index in [1.807, 2.05) is 6.92 Å². The standard InChI is InChI=1S/C7H16N2O3S/c1-7(6-13(10,11)12)9-4-2-8-3-5-9/h7-8H,2-6H2,1H3,(H,10,11,12). The van der Waals surface area contributed by atoms with Crippen LogP contribution in [0.1, 0.15) is 6.92 Å². The molecular weight excluding hydrogens is 192 g/mol. The third-order valence-corrected chi connectivity index (χ3v) is 3.13. The summed E-state index contributed by atoms with van der Waals surface area (Å²) in [7, 11) is -3.83. The molecule has 78 valence electrons. The molecule has 1 rings (SSSR count). The Morgan fingerprint density at radius 3 is 2.46 bits per heavy atom. The molecule has 1 aliphatic heterocycles. The van der Waals surface area contributed by atoms with Gasteiger partial charge in [0.25, 0.3) is 10.1 Å². The predicted molar refractivity (Wildman–Crippen MR) is 50.3 cm³/mol. The Balaban J connectivity index is 2.42. The van der Waals surface area contributed by atoms with E-state index in [2.05, 4.69) is 10.2 Å². The zero-order chi connectivity index (χ0) is 9.90. The van der Waals surface area contributed by atoms with Crippen LogP contribution < -0.4 is 5.32 Å². The fraction of sp³-hybridized carbons (Fsp3) is 1.00. The topological polar surface area (TPSA) is 69.6 Å². The zero-order valence-electron chi connectivity index (χ0n) is 7.73. The van der Waals surface area contributed by atoms with Crippen molar-refractivity contribution >= 4 is 10.1 Å². The van der Waals surface area contributed by atoms with Crippen molar-refractivity contribution in [2.24, 2.45) is 0 Å². The maximum atomic E-state index is 10.6. The first-order chi connectivity index (χ1) is 5.99. The molecule has 0 spiro atoms. The average molecular weight is 208 g/mol. The number of nitrogens with one attached hydrogen (secondary N) is 1. The smallest absolute Gasteiger partial charge is 0.266 e. The van der Waals surface area contributed by atoms with Crippen LogP contribution in [0.15, 0.2) is 0 Å². The fourth-order valence-electron chi connectivity index (χ4n) is 1.53. The van der Waals surface area contributed by atoms with Crippen LogP contribution in [0, 0.1) is 0 Å². The van der Waals surface area contributed by atoms with Crippen molar-refractivity contribution in [1.29, 1.82) is 0 Å². The molecule has 1 aliphatic rings. The third kappa shape index (κ3) is 4.04. The lowest BCUT2D eigenvalue weighted by molar-refractivity contribution is 0.195. The summed E-state index contributed by atoms with van der Waals surface area (Å²) in [5.41, 5.74) is 0. The Morgan fingerprint density at radius 2 is 2.00 bits per heavy atom. The summed E-state index contributed by atoms with van der Waals surface area (Å²) >= 11 is 0. The van der Waals surface area contributed by atoms with Crippen molar-refractivity contribution in [3.05, 3.63) is 0 Å². The maximum absolute atomic E-state index is 10.6. The first-order valence-electron chi connectivity index (χ1n) is 4.39. The first kappa shape index (κ1) is 10.9. The second-order valence-corrected chi connectivity index (χ2v) is 4.88. The molecule has 0 aromatic rings. The molecule has 0 amide bonds. The van der Waals surface area contributed by atoms with Gasteiger partial charge in [-0.3, -0.25) is 9.45 Å². The van der Waals surface area contributed by atoms with Crippen LogP contribution >= 0.6 is 0 Å². The van der Waals surface area contributed by atoms with Gasteiger partial charge in [0.1, 0.15) is 0 Å². The van der Waals surface area contributed by atoms with Gasteiger partial charge < -0.3 is 5.32 Å². The van der Waals surface area contributed by atoms with E-state index < -0.39 is 10.1 Å². The largest absolute Gasteiger partial charge is 0.314 e. The summed E-state index contributed by atoms with van der Waals surface area (Å²) in [5.74, 6) is -0.174. The molecule has 1 unspecified atom stereocenters. The van der Waals surface area contributed by atoms with Gasteiger partial charge in [0, 0.05) is 32.2 Å². The van der Waals surface area contributed by atoms with Crippen LogP contribution in [0.5, 0.6) is 0 Å². The Bertz CT molecular complexity index is 246. The van der Waals surface area contributed by atoms with Crippen LogP contribution in [0.25, 0.3) is 0 Å². The van der Waals surface area contributed by atoms with Gasteiger partial charge in [-0.15, -0.1) is 0 Å². The predicted octanol–water partition coefficient (Wildman–Crippen LogP) is -0.832. The molecule has 2 N–H and O–H groups in total. The Morgan fingerprint density at radius 1 is 1.46 bits per heavy atom. The Hall–Kier alpha value is -0.170. The van der Waals surface area contributed by atoms with Crippen LogP contribution in [-0.4, -0.2) is 55.8 Å². The summed E-state index contributed by atoms with van der Waals surface area (Å²) in [6.45, 7) is 5.28. The highest BCUT2D eigenvalue weighted by molar-refractivity contribution is 7.85. The van der Waals surface area contributed by atoms with E-state index in [1.165, 1.54) is 0 Å². The quantitative estimate of drug-likeness (QED) is 0.592. The second kappa shape index (κ2) is 4.36. The monoisotopic (exact) mass is 208 g/mol. The van der Waals surface area contributed by atoms with Gasteiger partial charge in [0.15, 0.2) is 0 Å². The van der Waals surface area contributed by atoms with Crippen LogP contribution in [0.3, 0.4) is 0 Å². The number of hydrogen-bond donors (Lipinski definition) is 2. The van der Waals surface area contributed by atoms with E-state index >= 15 is 0 Å². The van der Waals surface area contributed by atoms with Gasteiger partial charge in [-0.05, 0) is 6.92 Å². The summed E-state index contributed by atoms with van der Waals surface area (Å²) in [6.07, 6.45) is 0. The van der Waals surface area contributed by atoms with Gasteiger partial charge in [0.05, 0.1) is 5.75 Å². The van der Waals surface area contributed by atoms with E-state index in [0.29, 0.717) is 0 Å². The summed E-state index contributed by atoms with van der Waals surface area (Å²) < 4.78 is 29.8. The molecule has 1 atom stereocenters. The zero-order valence-corrected chi connectivity index (χ0v) is 8.55. The average Bonchev–Trinajstić information content (AvgIpc) is 2.03. The molecule has 1 heterocycles. The number of hydrogen-bond acceptors (Lipinski definition) is 4. The minimum Gasteiger partial charge on any atom is -0.314 e. The summed E-state index contributed by atoms with van der Waals surface area (Å²) in [6, 6.07) is -0.0999. The van der Waals surface area contributed by atoms with Crippen molar-refractivity contribution < 1.29 is 13.0 Å². The molecule has 0 saturated carbocycles. The molecule has 13 heavy (non-hydrogen) atoms. The molecule has 0 aliphatic carbocycles. The third-order valence-electron chi connectivity index (χ3n) is 2.23. The van der Waals surface area contributed by atoms with Crippen molar-refractivity contribution in [1.82, 2.24) is 10.2 Å². The SMILES string of the molecule is CC(CS(=O)(=O)O)N1CCNCC1. The highest BCUT2D eigenvalue weighted by atomic mass is 32.2. The minimum absolute atomic E-state index is 0.0999. The second-order valence-electron chi connectivity index (χ2n) is 3.38. The Kier molecular flexibility index (Phi) is 3.66. The molecular formula is C7H16N2O3S. The van der Waals surface area contributed by atoms with Gasteiger partial charge in [0.2, 0.25) is 0 Å². The molecule has 0 bridgehead atoms. The van der Waals surface area contributed by atoms with Crippen molar-refractivity contribution in [2.75, 3.05) is 31.9 Å². The van der Waals surface area contributed by atoms with Crippen LogP contribution in [0.4, 0.5) is 0 Å². The summed E-state index contributed by atoms with van der Waals surface area (Å²) in [5, 5.41) is 3.18. The highest BCUT2D eigenvalue weighted by Crippen LogP contribution is 2.03. The van der Waals surface area contributed by atoms with E-state index in [0.717, 1.165) is 26.2 Å². The lowest BCUT2D eigenvalue weighted by Gasteiger charge is -2.31. The number of piperazine rings is 1. The van der Waals surface area contributed by atoms with Gasteiger partial charge >= 0.3 is 0 Å². The molecule has 0 radical (unpaired) electrons. The van der Waals surface area contributed by atoms with Gasteiger partial charge in [-0.1, -0.05) is 0 Å². The lowest BCUT2D eigenvalue weighted by Crippen LogP contribution is -2.49. The van der Waals surface area contributed by atoms with E-state index in [4.69, 9.17) is 4.55 Å². The maximum Gasteiger partial charge on any atom is 0.266 e. The Labute approximate surface area is 78.9 Å². The van der Waals surface area contributed by atoms with E-state index in [1.54, 1.807) is 0 Å². The van der Waals surface area contributed by atoms with Gasteiger partial charge in [-0.25, -0.2) is 0 Å². The molecule has 5 nitrogen and oxygen atoms in total. The fourth-order valence-corrected chi connectivity index (χ4v) is 2.35. The number of rotatable bonds is 3. The van der Waals surface area contributed by atoms with Gasteiger partial charge in [-0.2, -0.15) is 8.42 Å². The molecule has 1 saturated heterocycles.